The van der Waals surface area contributed by atoms with Gasteiger partial charge in [-0.05, 0) is 17.5 Å². The molecule has 1 aromatic heterocycles. The topological polar surface area (TPSA) is 134 Å². The Bertz CT molecular complexity index is 564. The fourth-order valence-electron chi connectivity index (χ4n) is 1.57. The zero-order chi connectivity index (χ0) is 16.9. The van der Waals surface area contributed by atoms with Crippen molar-refractivity contribution in [2.75, 3.05) is 6.54 Å². The summed E-state index contributed by atoms with van der Waals surface area (Å²) < 4.78 is 9.10. The van der Waals surface area contributed by atoms with Crippen molar-refractivity contribution >= 4 is 29.6 Å². The first-order chi connectivity index (χ1) is 10.1. The van der Waals surface area contributed by atoms with Crippen LogP contribution in [0.4, 0.5) is 14.4 Å². The summed E-state index contributed by atoms with van der Waals surface area (Å²) in [6.45, 7) is 6.05. The molecule has 0 aliphatic rings. The van der Waals surface area contributed by atoms with Crippen LogP contribution < -0.4 is 16.8 Å². The zero-order valence-electron chi connectivity index (χ0n) is 12.5. The molecule has 0 radical (unpaired) electrons. The summed E-state index contributed by atoms with van der Waals surface area (Å²) in [4.78, 5) is 34.5. The minimum Gasteiger partial charge on any atom is -0.439 e. The lowest BCUT2D eigenvalue weighted by Gasteiger charge is -2.17. The Kier molecular flexibility index (Phi) is 5.75. The zero-order valence-corrected chi connectivity index (χ0v) is 13.4. The van der Waals surface area contributed by atoms with Gasteiger partial charge in [0.25, 0.3) is 0 Å². The van der Waals surface area contributed by atoms with Crippen LogP contribution in [0.25, 0.3) is 0 Å². The molecule has 0 spiro atoms. The van der Waals surface area contributed by atoms with Crippen molar-refractivity contribution < 1.29 is 23.9 Å². The van der Waals surface area contributed by atoms with Gasteiger partial charge in [-0.1, -0.05) is 20.8 Å². The van der Waals surface area contributed by atoms with Gasteiger partial charge in [0.2, 0.25) is 0 Å². The van der Waals surface area contributed by atoms with E-state index in [2.05, 4.69) is 30.8 Å². The van der Waals surface area contributed by atoms with E-state index in [4.69, 9.17) is 16.2 Å². The molecule has 5 N–H and O–H groups in total. The molecular weight excluding hydrogens is 310 g/mol. The van der Waals surface area contributed by atoms with Gasteiger partial charge in [0.15, 0.2) is 6.10 Å². The van der Waals surface area contributed by atoms with Crippen LogP contribution in [0.1, 0.15) is 36.6 Å². The largest absolute Gasteiger partial charge is 0.439 e. The van der Waals surface area contributed by atoms with Crippen molar-refractivity contribution in [3.63, 3.8) is 0 Å². The first-order valence-corrected chi connectivity index (χ1v) is 7.22. The van der Waals surface area contributed by atoms with Crippen molar-refractivity contribution in [2.45, 2.75) is 32.3 Å². The Morgan fingerprint density at radius 1 is 1.23 bits per heavy atom. The standard InChI is InChI=1S/C13H19N3O5S/c1-13(2,3)9-5-4-8(22-9)7(20-10(14)17)6-16-12(19)21-11(15)18/h4-5,7H,6H2,1-3H3,(H2,14,17)(H2,15,18)(H,16,19). The molecule has 9 heteroatoms. The molecule has 0 bridgehead atoms. The van der Waals surface area contributed by atoms with Crippen molar-refractivity contribution in [3.05, 3.63) is 21.9 Å². The second-order valence-electron chi connectivity index (χ2n) is 5.47. The van der Waals surface area contributed by atoms with Gasteiger partial charge in [0.1, 0.15) is 0 Å². The van der Waals surface area contributed by atoms with E-state index in [1.54, 1.807) is 6.07 Å². The molecule has 0 fully saturated rings. The molecule has 0 saturated heterocycles. The Hall–Kier alpha value is -2.29. The SMILES string of the molecule is CC(C)(C)c1ccc(C(CNC(=O)OC(N)=O)OC(N)=O)s1. The molecule has 3 amide bonds. The van der Waals surface area contributed by atoms with Crippen molar-refractivity contribution in [3.8, 4) is 0 Å². The summed E-state index contributed by atoms with van der Waals surface area (Å²) in [5.41, 5.74) is 9.70. The normalized spacial score (nSPS) is 12.3. The summed E-state index contributed by atoms with van der Waals surface area (Å²) in [5, 5.41) is 2.28. The number of alkyl carbamates (subject to hydrolysis) is 1. The van der Waals surface area contributed by atoms with Crippen molar-refractivity contribution in [2.24, 2.45) is 11.5 Å². The Balaban J connectivity index is 2.80. The lowest BCUT2D eigenvalue weighted by molar-refractivity contribution is 0.104. The first kappa shape index (κ1) is 17.8. The average Bonchev–Trinajstić information content (AvgIpc) is 2.82. The van der Waals surface area contributed by atoms with E-state index in [0.717, 1.165) is 4.88 Å². The monoisotopic (exact) mass is 329 g/mol. The van der Waals surface area contributed by atoms with Gasteiger partial charge in [0, 0.05) is 9.75 Å². The second-order valence-corrected chi connectivity index (χ2v) is 6.58. The summed E-state index contributed by atoms with van der Waals surface area (Å²) in [5.74, 6) is 0. The van der Waals surface area contributed by atoms with E-state index in [1.807, 2.05) is 6.07 Å². The van der Waals surface area contributed by atoms with Crippen LogP contribution in [0.5, 0.6) is 0 Å². The molecule has 1 unspecified atom stereocenters. The van der Waals surface area contributed by atoms with Crippen LogP contribution in [0.3, 0.4) is 0 Å². The molecule has 1 aromatic rings. The quantitative estimate of drug-likeness (QED) is 0.726. The highest BCUT2D eigenvalue weighted by molar-refractivity contribution is 7.12. The highest BCUT2D eigenvalue weighted by Crippen LogP contribution is 2.33. The fourth-order valence-corrected chi connectivity index (χ4v) is 2.67. The van der Waals surface area contributed by atoms with Gasteiger partial charge in [-0.3, -0.25) is 0 Å². The van der Waals surface area contributed by atoms with Crippen molar-refractivity contribution in [1.82, 2.24) is 5.32 Å². The van der Waals surface area contributed by atoms with Crippen LogP contribution in [0, 0.1) is 0 Å². The number of hydrogen-bond donors (Lipinski definition) is 3. The predicted octanol–water partition coefficient (Wildman–Crippen LogP) is 1.99. The van der Waals surface area contributed by atoms with Gasteiger partial charge in [-0.15, -0.1) is 11.3 Å². The van der Waals surface area contributed by atoms with E-state index < -0.39 is 24.4 Å². The van der Waals surface area contributed by atoms with E-state index in [9.17, 15) is 14.4 Å². The Morgan fingerprint density at radius 3 is 2.32 bits per heavy atom. The van der Waals surface area contributed by atoms with Gasteiger partial charge in [-0.25, -0.2) is 14.4 Å². The maximum absolute atomic E-state index is 11.2. The number of rotatable bonds is 4. The third kappa shape index (κ3) is 5.60. The number of thiophene rings is 1. The summed E-state index contributed by atoms with van der Waals surface area (Å²) >= 11 is 1.44. The number of amides is 3. The predicted molar refractivity (Wildman–Crippen MR) is 80.5 cm³/mol. The molecule has 0 aliphatic carbocycles. The van der Waals surface area contributed by atoms with E-state index >= 15 is 0 Å². The van der Waals surface area contributed by atoms with Gasteiger partial charge in [0.05, 0.1) is 6.54 Å². The maximum atomic E-state index is 11.2. The number of hydrogen-bond acceptors (Lipinski definition) is 6. The van der Waals surface area contributed by atoms with E-state index in [0.29, 0.717) is 4.88 Å². The highest BCUT2D eigenvalue weighted by Gasteiger charge is 2.23. The third-order valence-corrected chi connectivity index (χ3v) is 4.17. The summed E-state index contributed by atoms with van der Waals surface area (Å²) in [7, 11) is 0. The minimum absolute atomic E-state index is 0.0570. The van der Waals surface area contributed by atoms with Gasteiger partial charge < -0.3 is 26.3 Å². The molecule has 0 aliphatic heterocycles. The number of primary amides is 2. The fraction of sp³-hybridized carbons (Fsp3) is 0.462. The number of nitrogens with one attached hydrogen (secondary N) is 1. The molecule has 0 saturated carbocycles. The van der Waals surface area contributed by atoms with Crippen LogP contribution in [0.2, 0.25) is 0 Å². The van der Waals surface area contributed by atoms with Crippen LogP contribution in [0.15, 0.2) is 12.1 Å². The number of nitrogens with two attached hydrogens (primary N) is 2. The molecule has 1 atom stereocenters. The summed E-state index contributed by atoms with van der Waals surface area (Å²) in [6, 6.07) is 3.71. The Labute approximate surface area is 131 Å². The number of carbonyl (C=O) groups excluding carboxylic acids is 3. The maximum Gasteiger partial charge on any atom is 0.416 e. The second kappa shape index (κ2) is 7.12. The molecule has 1 rings (SSSR count). The van der Waals surface area contributed by atoms with Crippen LogP contribution in [-0.2, 0) is 14.9 Å². The molecular formula is C13H19N3O5S. The van der Waals surface area contributed by atoms with Gasteiger partial charge >= 0.3 is 18.3 Å². The van der Waals surface area contributed by atoms with E-state index in [1.165, 1.54) is 11.3 Å². The van der Waals surface area contributed by atoms with Crippen LogP contribution >= 0.6 is 11.3 Å². The van der Waals surface area contributed by atoms with Gasteiger partial charge in [-0.2, -0.15) is 0 Å². The smallest absolute Gasteiger partial charge is 0.416 e. The lowest BCUT2D eigenvalue weighted by atomic mass is 9.95. The number of carbonyl (C=O) groups is 3. The third-order valence-electron chi connectivity index (χ3n) is 2.57. The minimum atomic E-state index is -1.23. The highest BCUT2D eigenvalue weighted by atomic mass is 32.1. The molecule has 8 nitrogen and oxygen atoms in total. The Morgan fingerprint density at radius 2 is 1.86 bits per heavy atom. The first-order valence-electron chi connectivity index (χ1n) is 6.41. The molecule has 122 valence electrons. The molecule has 0 aromatic carbocycles. The van der Waals surface area contributed by atoms with E-state index in [-0.39, 0.29) is 12.0 Å². The lowest BCUT2D eigenvalue weighted by Crippen LogP contribution is -2.34. The van der Waals surface area contributed by atoms with Crippen LogP contribution in [-0.4, -0.2) is 24.8 Å². The summed E-state index contributed by atoms with van der Waals surface area (Å²) in [6.07, 6.45) is -4.01. The molecule has 22 heavy (non-hydrogen) atoms. The molecule has 1 heterocycles. The number of ether oxygens (including phenoxy) is 2. The average molecular weight is 329 g/mol. The van der Waals surface area contributed by atoms with Crippen molar-refractivity contribution in [1.29, 1.82) is 0 Å².